The molecule has 16 heavy (non-hydrogen) atoms. The zero-order valence-corrected chi connectivity index (χ0v) is 10.8. The van der Waals surface area contributed by atoms with Crippen LogP contribution in [0.4, 0.5) is 0 Å². The van der Waals surface area contributed by atoms with Crippen LogP contribution in [-0.4, -0.2) is 27.0 Å². The SMILES string of the molecule is CSCCNS(=O)(=O)c1cccc(CN)c1. The van der Waals surface area contributed by atoms with E-state index in [1.807, 2.05) is 6.26 Å². The van der Waals surface area contributed by atoms with Gasteiger partial charge in [0.2, 0.25) is 10.0 Å². The lowest BCUT2D eigenvalue weighted by Crippen LogP contribution is -2.26. The molecular formula is C10H16N2O2S2. The molecule has 0 amide bonds. The number of hydrogen-bond donors (Lipinski definition) is 2. The van der Waals surface area contributed by atoms with Crippen molar-refractivity contribution >= 4 is 21.8 Å². The van der Waals surface area contributed by atoms with Crippen LogP contribution < -0.4 is 10.5 Å². The van der Waals surface area contributed by atoms with Gasteiger partial charge in [-0.3, -0.25) is 0 Å². The molecule has 0 unspecified atom stereocenters. The van der Waals surface area contributed by atoms with E-state index >= 15 is 0 Å². The van der Waals surface area contributed by atoms with Gasteiger partial charge in [-0.2, -0.15) is 11.8 Å². The molecule has 0 spiro atoms. The fourth-order valence-corrected chi connectivity index (χ4v) is 2.74. The molecule has 6 heteroatoms. The molecule has 0 aliphatic heterocycles. The van der Waals surface area contributed by atoms with Gasteiger partial charge in [0.05, 0.1) is 4.90 Å². The molecule has 0 heterocycles. The number of rotatable bonds is 6. The largest absolute Gasteiger partial charge is 0.326 e. The number of benzene rings is 1. The predicted molar refractivity (Wildman–Crippen MR) is 67.9 cm³/mol. The summed E-state index contributed by atoms with van der Waals surface area (Å²) < 4.78 is 26.2. The Kier molecular flexibility index (Phi) is 5.27. The maximum absolute atomic E-state index is 11.8. The summed E-state index contributed by atoms with van der Waals surface area (Å²) in [5, 5.41) is 0. The van der Waals surface area contributed by atoms with Crippen molar-refractivity contribution in [2.75, 3.05) is 18.6 Å². The fraction of sp³-hybridized carbons (Fsp3) is 0.400. The average molecular weight is 260 g/mol. The smallest absolute Gasteiger partial charge is 0.240 e. The van der Waals surface area contributed by atoms with Crippen LogP contribution in [0.2, 0.25) is 0 Å². The molecule has 0 aromatic heterocycles. The Hall–Kier alpha value is -0.560. The average Bonchev–Trinajstić information content (AvgIpc) is 2.29. The van der Waals surface area contributed by atoms with Crippen LogP contribution >= 0.6 is 11.8 Å². The van der Waals surface area contributed by atoms with Crippen LogP contribution in [0.1, 0.15) is 5.56 Å². The van der Waals surface area contributed by atoms with Crippen molar-refractivity contribution < 1.29 is 8.42 Å². The van der Waals surface area contributed by atoms with E-state index in [0.717, 1.165) is 11.3 Å². The fourth-order valence-electron chi connectivity index (χ4n) is 1.20. The number of hydrogen-bond acceptors (Lipinski definition) is 4. The summed E-state index contributed by atoms with van der Waals surface area (Å²) in [6.45, 7) is 0.782. The third kappa shape index (κ3) is 3.79. The van der Waals surface area contributed by atoms with E-state index in [1.54, 1.807) is 36.0 Å². The van der Waals surface area contributed by atoms with E-state index in [1.165, 1.54) is 0 Å². The molecule has 0 fully saturated rings. The van der Waals surface area contributed by atoms with Gasteiger partial charge in [-0.05, 0) is 24.0 Å². The third-order valence-corrected chi connectivity index (χ3v) is 4.11. The summed E-state index contributed by atoms with van der Waals surface area (Å²) >= 11 is 1.60. The Labute approximate surface area is 101 Å². The molecule has 1 aromatic carbocycles. The zero-order chi connectivity index (χ0) is 12.0. The molecule has 0 saturated carbocycles. The molecule has 0 bridgehead atoms. The molecule has 3 N–H and O–H groups in total. The van der Waals surface area contributed by atoms with Gasteiger partial charge in [0.1, 0.15) is 0 Å². The minimum Gasteiger partial charge on any atom is -0.326 e. The first-order valence-electron chi connectivity index (χ1n) is 4.88. The Morgan fingerprint density at radius 3 is 2.81 bits per heavy atom. The van der Waals surface area contributed by atoms with E-state index < -0.39 is 10.0 Å². The Balaban J connectivity index is 2.81. The van der Waals surface area contributed by atoms with Gasteiger partial charge < -0.3 is 5.73 Å². The van der Waals surface area contributed by atoms with Gasteiger partial charge in [-0.15, -0.1) is 0 Å². The van der Waals surface area contributed by atoms with Crippen molar-refractivity contribution in [1.82, 2.24) is 4.72 Å². The number of nitrogens with one attached hydrogen (secondary N) is 1. The first kappa shape index (κ1) is 13.5. The molecule has 0 saturated heterocycles. The van der Waals surface area contributed by atoms with Crippen molar-refractivity contribution in [2.24, 2.45) is 5.73 Å². The highest BCUT2D eigenvalue weighted by Crippen LogP contribution is 2.10. The number of thioether (sulfide) groups is 1. The van der Waals surface area contributed by atoms with Gasteiger partial charge >= 0.3 is 0 Å². The lowest BCUT2D eigenvalue weighted by molar-refractivity contribution is 0.584. The van der Waals surface area contributed by atoms with Crippen LogP contribution in [-0.2, 0) is 16.6 Å². The summed E-state index contributed by atoms with van der Waals surface area (Å²) in [6.07, 6.45) is 1.93. The van der Waals surface area contributed by atoms with E-state index in [-0.39, 0.29) is 4.90 Å². The van der Waals surface area contributed by atoms with E-state index in [9.17, 15) is 8.42 Å². The van der Waals surface area contributed by atoms with Gasteiger partial charge in [-0.1, -0.05) is 12.1 Å². The number of sulfonamides is 1. The molecule has 1 rings (SSSR count). The van der Waals surface area contributed by atoms with Gasteiger partial charge in [-0.25, -0.2) is 13.1 Å². The monoisotopic (exact) mass is 260 g/mol. The summed E-state index contributed by atoms with van der Waals surface area (Å²) in [5.74, 6) is 0.760. The molecule has 0 aliphatic carbocycles. The van der Waals surface area contributed by atoms with Crippen LogP contribution in [0.25, 0.3) is 0 Å². The van der Waals surface area contributed by atoms with Gasteiger partial charge in [0.15, 0.2) is 0 Å². The van der Waals surface area contributed by atoms with Crippen molar-refractivity contribution in [2.45, 2.75) is 11.4 Å². The molecule has 90 valence electrons. The normalized spacial score (nSPS) is 11.6. The maximum Gasteiger partial charge on any atom is 0.240 e. The highest BCUT2D eigenvalue weighted by Gasteiger charge is 2.12. The Bertz CT molecular complexity index is 432. The molecule has 0 radical (unpaired) electrons. The second-order valence-electron chi connectivity index (χ2n) is 3.24. The lowest BCUT2D eigenvalue weighted by atomic mass is 10.2. The summed E-state index contributed by atoms with van der Waals surface area (Å²) in [4.78, 5) is 0.275. The topological polar surface area (TPSA) is 72.2 Å². The zero-order valence-electron chi connectivity index (χ0n) is 9.14. The van der Waals surface area contributed by atoms with Crippen LogP contribution in [0.3, 0.4) is 0 Å². The van der Waals surface area contributed by atoms with Gasteiger partial charge in [0, 0.05) is 18.8 Å². The minimum atomic E-state index is -3.38. The van der Waals surface area contributed by atoms with Crippen molar-refractivity contribution in [3.8, 4) is 0 Å². The third-order valence-electron chi connectivity index (χ3n) is 2.04. The van der Waals surface area contributed by atoms with Crippen LogP contribution in [0, 0.1) is 0 Å². The Morgan fingerprint density at radius 1 is 1.44 bits per heavy atom. The quantitative estimate of drug-likeness (QED) is 0.742. The first-order chi connectivity index (χ1) is 7.60. The van der Waals surface area contributed by atoms with Crippen molar-refractivity contribution in [1.29, 1.82) is 0 Å². The lowest BCUT2D eigenvalue weighted by Gasteiger charge is -2.07. The highest BCUT2D eigenvalue weighted by molar-refractivity contribution is 7.98. The summed E-state index contributed by atoms with van der Waals surface area (Å²) in [7, 11) is -3.38. The van der Waals surface area contributed by atoms with Crippen LogP contribution in [0.15, 0.2) is 29.2 Å². The molecule has 0 atom stereocenters. The number of nitrogens with two attached hydrogens (primary N) is 1. The maximum atomic E-state index is 11.8. The predicted octanol–water partition coefficient (Wildman–Crippen LogP) is 0.787. The second kappa shape index (κ2) is 6.24. The minimum absolute atomic E-state index is 0.275. The summed E-state index contributed by atoms with van der Waals surface area (Å²) in [6, 6.07) is 6.67. The highest BCUT2D eigenvalue weighted by atomic mass is 32.2. The van der Waals surface area contributed by atoms with Crippen molar-refractivity contribution in [3.63, 3.8) is 0 Å². The molecular weight excluding hydrogens is 244 g/mol. The summed E-state index contributed by atoms with van der Waals surface area (Å²) in [5.41, 5.74) is 6.28. The van der Waals surface area contributed by atoms with E-state index in [2.05, 4.69) is 4.72 Å². The molecule has 4 nitrogen and oxygen atoms in total. The second-order valence-corrected chi connectivity index (χ2v) is 5.99. The van der Waals surface area contributed by atoms with Crippen LogP contribution in [0.5, 0.6) is 0 Å². The standard InChI is InChI=1S/C10H16N2O2S2/c1-15-6-5-12-16(13,14)10-4-2-3-9(7-10)8-11/h2-4,7,12H,5-6,8,11H2,1H3. The Morgan fingerprint density at radius 2 is 2.19 bits per heavy atom. The van der Waals surface area contributed by atoms with Crippen molar-refractivity contribution in [3.05, 3.63) is 29.8 Å². The van der Waals surface area contributed by atoms with E-state index in [0.29, 0.717) is 13.1 Å². The first-order valence-corrected chi connectivity index (χ1v) is 7.75. The van der Waals surface area contributed by atoms with Gasteiger partial charge in [0.25, 0.3) is 0 Å². The molecule has 0 aliphatic rings. The molecule has 1 aromatic rings. The van der Waals surface area contributed by atoms with E-state index in [4.69, 9.17) is 5.73 Å².